The maximum absolute atomic E-state index is 12.0. The highest BCUT2D eigenvalue weighted by atomic mass is 35.5. The first-order valence-corrected chi connectivity index (χ1v) is 7.46. The number of aromatic amines is 1. The SMILES string of the molecule is Cc1cccc(-c2ncccc2-c2ccc3nc[nH]c(=O)c3n2)n1.Cl. The molecule has 25 heavy (non-hydrogen) atoms. The second kappa shape index (κ2) is 6.78. The first kappa shape index (κ1) is 16.7. The van der Waals surface area contributed by atoms with Crippen molar-refractivity contribution in [2.24, 2.45) is 0 Å². The highest BCUT2D eigenvalue weighted by molar-refractivity contribution is 5.85. The van der Waals surface area contributed by atoms with Crippen molar-refractivity contribution in [3.8, 4) is 22.6 Å². The number of rotatable bonds is 2. The number of hydrogen-bond acceptors (Lipinski definition) is 5. The molecule has 0 amide bonds. The minimum Gasteiger partial charge on any atom is -0.311 e. The Kier molecular flexibility index (Phi) is 4.54. The average Bonchev–Trinajstić information content (AvgIpc) is 2.62. The molecule has 4 aromatic rings. The topological polar surface area (TPSA) is 84.4 Å². The average molecular weight is 352 g/mol. The Morgan fingerprint density at radius 2 is 1.80 bits per heavy atom. The molecule has 6 nitrogen and oxygen atoms in total. The van der Waals surface area contributed by atoms with Crippen LogP contribution in [0.4, 0.5) is 0 Å². The van der Waals surface area contributed by atoms with Gasteiger partial charge in [-0.1, -0.05) is 6.07 Å². The van der Waals surface area contributed by atoms with Crippen molar-refractivity contribution in [2.45, 2.75) is 6.92 Å². The van der Waals surface area contributed by atoms with E-state index in [1.807, 2.05) is 43.3 Å². The van der Waals surface area contributed by atoms with Gasteiger partial charge in [0, 0.05) is 17.5 Å². The number of pyridine rings is 3. The van der Waals surface area contributed by atoms with Crippen LogP contribution in [0, 0.1) is 6.92 Å². The summed E-state index contributed by atoms with van der Waals surface area (Å²) in [5.74, 6) is 0. The van der Waals surface area contributed by atoms with Crippen LogP contribution in [0.3, 0.4) is 0 Å². The molecule has 0 saturated heterocycles. The Bertz CT molecular complexity index is 1110. The number of aromatic nitrogens is 5. The van der Waals surface area contributed by atoms with Crippen molar-refractivity contribution >= 4 is 23.4 Å². The van der Waals surface area contributed by atoms with Gasteiger partial charge in [0.2, 0.25) is 0 Å². The molecular weight excluding hydrogens is 338 g/mol. The van der Waals surface area contributed by atoms with Gasteiger partial charge in [-0.05, 0) is 43.3 Å². The third-order valence-electron chi connectivity index (χ3n) is 3.70. The Morgan fingerprint density at radius 1 is 0.920 bits per heavy atom. The molecule has 4 aromatic heterocycles. The quantitative estimate of drug-likeness (QED) is 0.599. The number of nitrogens with zero attached hydrogens (tertiary/aromatic N) is 4. The molecule has 0 spiro atoms. The van der Waals surface area contributed by atoms with Crippen LogP contribution in [0.15, 0.2) is 59.8 Å². The first-order valence-electron chi connectivity index (χ1n) is 7.46. The number of halogens is 1. The molecule has 4 heterocycles. The van der Waals surface area contributed by atoms with E-state index in [4.69, 9.17) is 0 Å². The van der Waals surface area contributed by atoms with E-state index in [9.17, 15) is 4.79 Å². The Labute approximate surface area is 149 Å². The molecular formula is C18H14ClN5O. The van der Waals surface area contributed by atoms with Crippen LogP contribution in [-0.4, -0.2) is 24.9 Å². The lowest BCUT2D eigenvalue weighted by molar-refractivity contribution is 1.14. The van der Waals surface area contributed by atoms with Gasteiger partial charge in [-0.2, -0.15) is 0 Å². The summed E-state index contributed by atoms with van der Waals surface area (Å²) >= 11 is 0. The Balaban J connectivity index is 0.00000182. The standard InChI is InChI=1S/C18H13N5O.ClH/c1-11-4-2-6-15(22-11)16-12(5-3-9-19-16)13-7-8-14-17(23-13)18(24)21-10-20-14;/h2-10H,1H3,(H,20,21,24);1H. The summed E-state index contributed by atoms with van der Waals surface area (Å²) in [6.45, 7) is 1.94. The van der Waals surface area contributed by atoms with Gasteiger partial charge in [0.1, 0.15) is 0 Å². The van der Waals surface area contributed by atoms with Crippen molar-refractivity contribution < 1.29 is 0 Å². The lowest BCUT2D eigenvalue weighted by Gasteiger charge is -2.08. The number of nitrogens with one attached hydrogen (secondary N) is 1. The summed E-state index contributed by atoms with van der Waals surface area (Å²) < 4.78 is 0. The molecule has 0 saturated carbocycles. The molecule has 0 aliphatic carbocycles. The minimum atomic E-state index is -0.263. The van der Waals surface area contributed by atoms with Crippen LogP contribution in [-0.2, 0) is 0 Å². The monoisotopic (exact) mass is 351 g/mol. The summed E-state index contributed by atoms with van der Waals surface area (Å²) in [5, 5.41) is 0. The van der Waals surface area contributed by atoms with Crippen LogP contribution in [0.5, 0.6) is 0 Å². The zero-order chi connectivity index (χ0) is 16.5. The van der Waals surface area contributed by atoms with Crippen LogP contribution < -0.4 is 5.56 Å². The maximum atomic E-state index is 12.0. The lowest BCUT2D eigenvalue weighted by Crippen LogP contribution is -2.08. The highest BCUT2D eigenvalue weighted by Crippen LogP contribution is 2.28. The third kappa shape index (κ3) is 3.12. The smallest absolute Gasteiger partial charge is 0.277 e. The second-order valence-electron chi connectivity index (χ2n) is 5.36. The van der Waals surface area contributed by atoms with E-state index < -0.39 is 0 Å². The van der Waals surface area contributed by atoms with E-state index in [1.165, 1.54) is 6.33 Å². The highest BCUT2D eigenvalue weighted by Gasteiger charge is 2.12. The van der Waals surface area contributed by atoms with Gasteiger partial charge in [0.25, 0.3) is 5.56 Å². The van der Waals surface area contributed by atoms with Crippen molar-refractivity contribution in [3.05, 3.63) is 71.0 Å². The summed E-state index contributed by atoms with van der Waals surface area (Å²) in [7, 11) is 0. The molecule has 0 bridgehead atoms. The van der Waals surface area contributed by atoms with E-state index in [0.717, 1.165) is 22.6 Å². The van der Waals surface area contributed by atoms with Gasteiger partial charge in [-0.15, -0.1) is 12.4 Å². The number of hydrogen-bond donors (Lipinski definition) is 1. The fourth-order valence-electron chi connectivity index (χ4n) is 2.59. The number of H-pyrrole nitrogens is 1. The van der Waals surface area contributed by atoms with E-state index in [-0.39, 0.29) is 18.0 Å². The van der Waals surface area contributed by atoms with Crippen molar-refractivity contribution in [3.63, 3.8) is 0 Å². The normalized spacial score (nSPS) is 10.4. The van der Waals surface area contributed by atoms with Gasteiger partial charge >= 0.3 is 0 Å². The molecule has 4 rings (SSSR count). The fourth-order valence-corrected chi connectivity index (χ4v) is 2.59. The fraction of sp³-hybridized carbons (Fsp3) is 0.0556. The van der Waals surface area contributed by atoms with Crippen molar-refractivity contribution in [1.82, 2.24) is 24.9 Å². The van der Waals surface area contributed by atoms with E-state index in [1.54, 1.807) is 12.3 Å². The molecule has 7 heteroatoms. The molecule has 0 unspecified atom stereocenters. The Morgan fingerprint density at radius 3 is 2.64 bits per heavy atom. The first-order chi connectivity index (χ1) is 11.7. The molecule has 0 aliphatic heterocycles. The minimum absolute atomic E-state index is 0. The molecule has 124 valence electrons. The molecule has 0 fully saturated rings. The van der Waals surface area contributed by atoms with E-state index in [0.29, 0.717) is 16.7 Å². The van der Waals surface area contributed by atoms with Gasteiger partial charge in [0.05, 0.1) is 28.9 Å². The summed E-state index contributed by atoms with van der Waals surface area (Å²) in [6, 6.07) is 13.2. The number of aryl methyl sites for hydroxylation is 1. The van der Waals surface area contributed by atoms with Gasteiger partial charge in [-0.25, -0.2) is 9.97 Å². The van der Waals surface area contributed by atoms with E-state index in [2.05, 4.69) is 24.9 Å². The molecule has 0 aromatic carbocycles. The molecule has 0 aliphatic rings. The van der Waals surface area contributed by atoms with Crippen molar-refractivity contribution in [2.75, 3.05) is 0 Å². The van der Waals surface area contributed by atoms with E-state index >= 15 is 0 Å². The zero-order valence-corrected chi connectivity index (χ0v) is 14.1. The Hall–Kier alpha value is -3.12. The molecule has 1 N–H and O–H groups in total. The lowest BCUT2D eigenvalue weighted by atomic mass is 10.1. The van der Waals surface area contributed by atoms with Gasteiger partial charge < -0.3 is 4.98 Å². The van der Waals surface area contributed by atoms with Gasteiger partial charge in [0.15, 0.2) is 5.52 Å². The van der Waals surface area contributed by atoms with Gasteiger partial charge in [-0.3, -0.25) is 14.8 Å². The summed E-state index contributed by atoms with van der Waals surface area (Å²) in [5.41, 5.74) is 4.50. The maximum Gasteiger partial charge on any atom is 0.277 e. The second-order valence-corrected chi connectivity index (χ2v) is 5.36. The predicted molar refractivity (Wildman–Crippen MR) is 98.6 cm³/mol. The van der Waals surface area contributed by atoms with Crippen LogP contribution >= 0.6 is 12.4 Å². The molecule has 0 atom stereocenters. The zero-order valence-electron chi connectivity index (χ0n) is 13.3. The predicted octanol–water partition coefficient (Wildman–Crippen LogP) is 3.17. The summed E-state index contributed by atoms with van der Waals surface area (Å²) in [6.07, 6.45) is 3.09. The number of fused-ring (bicyclic) bond motifs is 1. The summed E-state index contributed by atoms with van der Waals surface area (Å²) in [4.78, 5) is 32.1. The largest absolute Gasteiger partial charge is 0.311 e. The third-order valence-corrected chi connectivity index (χ3v) is 3.70. The van der Waals surface area contributed by atoms with Crippen LogP contribution in [0.2, 0.25) is 0 Å². The van der Waals surface area contributed by atoms with Crippen molar-refractivity contribution in [1.29, 1.82) is 0 Å². The van der Waals surface area contributed by atoms with Crippen LogP contribution in [0.25, 0.3) is 33.7 Å². The van der Waals surface area contributed by atoms with Crippen LogP contribution in [0.1, 0.15) is 5.69 Å². The molecule has 0 radical (unpaired) electrons.